The van der Waals surface area contributed by atoms with Gasteiger partial charge in [-0.3, -0.25) is 9.48 Å². The molecule has 0 N–H and O–H groups in total. The third kappa shape index (κ3) is 2.18. The molecule has 0 fully saturated rings. The first-order valence-electron chi connectivity index (χ1n) is 7.03. The first-order chi connectivity index (χ1) is 10.6. The number of benzene rings is 1. The molecule has 2 aromatic heterocycles. The molecule has 0 aliphatic heterocycles. The molecule has 1 aliphatic rings. The molecular formula is C15H12BrClN4O. The fraction of sp³-hybridized carbons (Fsp3) is 0.267. The van der Waals surface area contributed by atoms with Crippen molar-refractivity contribution in [2.45, 2.75) is 25.8 Å². The second-order valence-electron chi connectivity index (χ2n) is 5.40. The van der Waals surface area contributed by atoms with Gasteiger partial charge in [-0.15, -0.1) is 0 Å². The van der Waals surface area contributed by atoms with Crippen LogP contribution in [0.1, 0.15) is 23.2 Å². The van der Waals surface area contributed by atoms with Crippen LogP contribution >= 0.6 is 27.5 Å². The van der Waals surface area contributed by atoms with Crippen molar-refractivity contribution >= 4 is 33.3 Å². The predicted octanol–water partition coefficient (Wildman–Crippen LogP) is 2.84. The summed E-state index contributed by atoms with van der Waals surface area (Å²) in [6.07, 6.45) is 4.32. The summed E-state index contributed by atoms with van der Waals surface area (Å²) in [6, 6.07) is 5.74. The van der Waals surface area contributed by atoms with Crippen LogP contribution in [0, 0.1) is 0 Å². The highest BCUT2D eigenvalue weighted by molar-refractivity contribution is 9.10. The molecule has 7 heteroatoms. The van der Waals surface area contributed by atoms with Crippen LogP contribution in [0.4, 0.5) is 0 Å². The molecular weight excluding hydrogens is 368 g/mol. The Balaban J connectivity index is 1.82. The largest absolute Gasteiger partial charge is 0.277 e. The number of aryl methyl sites for hydroxylation is 1. The van der Waals surface area contributed by atoms with Crippen LogP contribution in [-0.2, 0) is 19.4 Å². The van der Waals surface area contributed by atoms with Gasteiger partial charge in [-0.05, 0) is 52.9 Å². The quantitative estimate of drug-likeness (QED) is 0.688. The normalized spacial score (nSPS) is 13.7. The van der Waals surface area contributed by atoms with E-state index < -0.39 is 0 Å². The first kappa shape index (κ1) is 14.0. The van der Waals surface area contributed by atoms with Gasteiger partial charge in [0.1, 0.15) is 6.33 Å². The van der Waals surface area contributed by atoms with Gasteiger partial charge >= 0.3 is 0 Å². The molecule has 112 valence electrons. The molecule has 5 nitrogen and oxygen atoms in total. The van der Waals surface area contributed by atoms with E-state index in [9.17, 15) is 4.79 Å². The molecule has 22 heavy (non-hydrogen) atoms. The van der Waals surface area contributed by atoms with Crippen molar-refractivity contribution in [3.8, 4) is 0 Å². The van der Waals surface area contributed by atoms with Crippen molar-refractivity contribution in [2.24, 2.45) is 0 Å². The zero-order valence-electron chi connectivity index (χ0n) is 11.6. The van der Waals surface area contributed by atoms with Crippen LogP contribution in [0.5, 0.6) is 0 Å². The van der Waals surface area contributed by atoms with Crippen molar-refractivity contribution in [3.05, 3.63) is 61.2 Å². The van der Waals surface area contributed by atoms with E-state index in [-0.39, 0.29) is 5.56 Å². The van der Waals surface area contributed by atoms with E-state index >= 15 is 0 Å². The minimum atomic E-state index is -0.00166. The van der Waals surface area contributed by atoms with Gasteiger partial charge in [0.15, 0.2) is 0 Å². The van der Waals surface area contributed by atoms with E-state index in [0.29, 0.717) is 17.3 Å². The highest BCUT2D eigenvalue weighted by atomic mass is 79.9. The lowest BCUT2D eigenvalue weighted by Crippen LogP contribution is -2.25. The zero-order chi connectivity index (χ0) is 15.3. The van der Waals surface area contributed by atoms with Gasteiger partial charge in [0.05, 0.1) is 17.3 Å². The Bertz CT molecular complexity index is 947. The van der Waals surface area contributed by atoms with E-state index in [4.69, 9.17) is 11.6 Å². The molecule has 0 bridgehead atoms. The van der Waals surface area contributed by atoms with Crippen LogP contribution in [0.3, 0.4) is 0 Å². The van der Waals surface area contributed by atoms with E-state index in [1.54, 1.807) is 15.5 Å². The standard InChI is InChI=1S/C15H12BrClN4O/c16-11-5-4-9(6-12(11)17)7-20-8-18-15-19-13-3-1-2-10(13)14(22)21(15)20/h4-6,8H,1-3,7H2. The molecule has 0 unspecified atom stereocenters. The van der Waals surface area contributed by atoms with Gasteiger partial charge in [-0.1, -0.05) is 17.7 Å². The fourth-order valence-corrected chi connectivity index (χ4v) is 3.34. The average molecular weight is 380 g/mol. The fourth-order valence-electron chi connectivity index (χ4n) is 2.89. The molecule has 0 radical (unpaired) electrons. The molecule has 2 heterocycles. The summed E-state index contributed by atoms with van der Waals surface area (Å²) in [6.45, 7) is 0.518. The SMILES string of the molecule is O=c1c2c(nc3ncn(Cc4ccc(Br)c(Cl)c4)n13)CCC2. The number of hydrogen-bond donors (Lipinski definition) is 0. The predicted molar refractivity (Wildman–Crippen MR) is 87.5 cm³/mol. The number of rotatable bonds is 2. The maximum atomic E-state index is 12.6. The molecule has 1 aliphatic carbocycles. The topological polar surface area (TPSA) is 52.2 Å². The van der Waals surface area contributed by atoms with Gasteiger partial charge in [-0.25, -0.2) is 4.98 Å². The summed E-state index contributed by atoms with van der Waals surface area (Å²) in [5.74, 6) is 0.467. The monoisotopic (exact) mass is 378 g/mol. The van der Waals surface area contributed by atoms with Gasteiger partial charge in [0.2, 0.25) is 0 Å². The van der Waals surface area contributed by atoms with Crippen LogP contribution in [0.2, 0.25) is 5.02 Å². The Morgan fingerprint density at radius 1 is 1.32 bits per heavy atom. The lowest BCUT2D eigenvalue weighted by molar-refractivity contribution is 0.615. The van der Waals surface area contributed by atoms with E-state index in [1.807, 2.05) is 18.2 Å². The van der Waals surface area contributed by atoms with Gasteiger partial charge in [-0.2, -0.15) is 9.50 Å². The van der Waals surface area contributed by atoms with E-state index in [0.717, 1.165) is 40.6 Å². The molecule has 1 aromatic carbocycles. The van der Waals surface area contributed by atoms with Crippen LogP contribution in [-0.4, -0.2) is 19.2 Å². The van der Waals surface area contributed by atoms with Crippen LogP contribution < -0.4 is 5.56 Å². The molecule has 0 atom stereocenters. The Morgan fingerprint density at radius 3 is 3.00 bits per heavy atom. The lowest BCUT2D eigenvalue weighted by Gasteiger charge is -2.07. The molecule has 0 saturated carbocycles. The molecule has 0 spiro atoms. The number of nitrogens with zero attached hydrogens (tertiary/aromatic N) is 4. The summed E-state index contributed by atoms with van der Waals surface area (Å²) >= 11 is 9.50. The van der Waals surface area contributed by atoms with Crippen molar-refractivity contribution < 1.29 is 0 Å². The Morgan fingerprint density at radius 2 is 2.18 bits per heavy atom. The smallest absolute Gasteiger partial charge is 0.267 e. The van der Waals surface area contributed by atoms with E-state index in [2.05, 4.69) is 25.9 Å². The van der Waals surface area contributed by atoms with Gasteiger partial charge in [0.25, 0.3) is 11.3 Å². The number of halogens is 2. The van der Waals surface area contributed by atoms with Crippen LogP contribution in [0.25, 0.3) is 5.78 Å². The van der Waals surface area contributed by atoms with Crippen molar-refractivity contribution in [2.75, 3.05) is 0 Å². The Kier molecular flexibility index (Phi) is 3.31. The minimum Gasteiger partial charge on any atom is -0.267 e. The zero-order valence-corrected chi connectivity index (χ0v) is 13.9. The van der Waals surface area contributed by atoms with Crippen molar-refractivity contribution in [1.82, 2.24) is 19.2 Å². The second-order valence-corrected chi connectivity index (χ2v) is 6.66. The molecule has 3 aromatic rings. The second kappa shape index (κ2) is 5.21. The summed E-state index contributed by atoms with van der Waals surface area (Å²) in [5.41, 5.74) is 2.73. The Labute approximate surface area is 139 Å². The van der Waals surface area contributed by atoms with Gasteiger partial charge in [0, 0.05) is 10.0 Å². The summed E-state index contributed by atoms with van der Waals surface area (Å²) < 4.78 is 4.19. The highest BCUT2D eigenvalue weighted by Gasteiger charge is 2.20. The average Bonchev–Trinajstić information content (AvgIpc) is 3.11. The third-order valence-electron chi connectivity index (χ3n) is 3.96. The minimum absolute atomic E-state index is 0.00166. The summed E-state index contributed by atoms with van der Waals surface area (Å²) in [4.78, 5) is 21.4. The van der Waals surface area contributed by atoms with Crippen molar-refractivity contribution in [1.29, 1.82) is 0 Å². The number of fused-ring (bicyclic) bond motifs is 2. The summed E-state index contributed by atoms with van der Waals surface area (Å²) in [7, 11) is 0. The number of hydrogen-bond acceptors (Lipinski definition) is 3. The van der Waals surface area contributed by atoms with Crippen LogP contribution in [0.15, 0.2) is 33.8 Å². The summed E-state index contributed by atoms with van der Waals surface area (Å²) in [5, 5.41) is 0.647. The molecule has 0 saturated heterocycles. The molecule has 0 amide bonds. The lowest BCUT2D eigenvalue weighted by atomic mass is 10.2. The first-order valence-corrected chi connectivity index (χ1v) is 8.20. The van der Waals surface area contributed by atoms with Crippen molar-refractivity contribution in [3.63, 3.8) is 0 Å². The molecule has 4 rings (SSSR count). The van der Waals surface area contributed by atoms with Gasteiger partial charge < -0.3 is 0 Å². The Hall–Kier alpha value is -1.66. The maximum absolute atomic E-state index is 12.6. The third-order valence-corrected chi connectivity index (χ3v) is 5.19. The maximum Gasteiger partial charge on any atom is 0.277 e. The van der Waals surface area contributed by atoms with E-state index in [1.165, 1.54) is 0 Å². The highest BCUT2D eigenvalue weighted by Crippen LogP contribution is 2.23. The number of aromatic nitrogens is 4.